The molecular formula is C38H36Cl2N6O8S2. The van der Waals surface area contributed by atoms with Gasteiger partial charge in [-0.25, -0.2) is 36.2 Å². The average molecular weight is 840 g/mol. The van der Waals surface area contributed by atoms with E-state index in [2.05, 4.69) is 29.7 Å². The molecule has 8 rings (SSSR count). The molecule has 2 aliphatic carbocycles. The molecule has 292 valence electrons. The van der Waals surface area contributed by atoms with Crippen molar-refractivity contribution in [2.45, 2.75) is 59.1 Å². The van der Waals surface area contributed by atoms with Crippen LogP contribution in [-0.2, 0) is 46.9 Å². The van der Waals surface area contributed by atoms with E-state index >= 15 is 0 Å². The number of carbonyl (C=O) groups is 2. The van der Waals surface area contributed by atoms with Crippen molar-refractivity contribution < 1.29 is 35.9 Å². The lowest BCUT2D eigenvalue weighted by molar-refractivity contribution is -0.122. The molecule has 2 saturated carbocycles. The Morgan fingerprint density at radius 1 is 0.732 bits per heavy atom. The summed E-state index contributed by atoms with van der Waals surface area (Å²) in [7, 11) is -5.18. The second kappa shape index (κ2) is 15.1. The molecule has 3 aliphatic rings. The van der Waals surface area contributed by atoms with Gasteiger partial charge in [0.2, 0.25) is 23.6 Å². The maximum atomic E-state index is 13.0. The third-order valence-corrected chi connectivity index (χ3v) is 13.6. The molecule has 0 unspecified atom stereocenters. The number of methoxy groups -OCH3 is 2. The van der Waals surface area contributed by atoms with Gasteiger partial charge in [-0.15, -0.1) is 0 Å². The zero-order chi connectivity index (χ0) is 39.9. The summed E-state index contributed by atoms with van der Waals surface area (Å²) in [5, 5.41) is 4.25. The minimum Gasteiger partial charge on any atom is -0.481 e. The van der Waals surface area contributed by atoms with Crippen LogP contribution in [0.2, 0.25) is 10.0 Å². The van der Waals surface area contributed by atoms with Crippen LogP contribution in [0, 0.1) is 0 Å². The number of sulfonamides is 2. The van der Waals surface area contributed by atoms with E-state index < -0.39 is 42.7 Å². The van der Waals surface area contributed by atoms with E-state index in [9.17, 15) is 26.4 Å². The Balaban J connectivity index is 0.000000172. The van der Waals surface area contributed by atoms with Crippen molar-refractivity contribution in [3.8, 4) is 11.8 Å². The zero-order valence-electron chi connectivity index (χ0n) is 30.1. The number of nitrogens with zero attached hydrogens (tertiary/aromatic N) is 3. The van der Waals surface area contributed by atoms with Crippen molar-refractivity contribution in [1.29, 1.82) is 0 Å². The summed E-state index contributed by atoms with van der Waals surface area (Å²) in [6.07, 6.45) is 7.86. The summed E-state index contributed by atoms with van der Waals surface area (Å²) in [6, 6.07) is 16.3. The first-order valence-corrected chi connectivity index (χ1v) is 21.2. The maximum absolute atomic E-state index is 13.0. The first kappa shape index (κ1) is 39.2. The molecule has 0 atom stereocenters. The molecule has 0 radical (unpaired) electrons. The molecule has 4 heterocycles. The van der Waals surface area contributed by atoms with Crippen molar-refractivity contribution in [2.75, 3.05) is 26.1 Å². The summed E-state index contributed by atoms with van der Waals surface area (Å²) < 4.78 is 66.6. The second-order valence-electron chi connectivity index (χ2n) is 13.6. The number of halogens is 2. The number of aromatic nitrogens is 3. The Bertz CT molecular complexity index is 2600. The van der Waals surface area contributed by atoms with E-state index in [0.717, 1.165) is 18.7 Å². The van der Waals surface area contributed by atoms with Gasteiger partial charge in [-0.1, -0.05) is 35.3 Å². The molecule has 0 spiro atoms. The van der Waals surface area contributed by atoms with Gasteiger partial charge < -0.3 is 14.8 Å². The highest BCUT2D eigenvalue weighted by molar-refractivity contribution is 7.90. The lowest BCUT2D eigenvalue weighted by Gasteiger charge is -2.22. The van der Waals surface area contributed by atoms with E-state index in [4.69, 9.17) is 32.7 Å². The number of fused-ring (bicyclic) bond motifs is 2. The topological polar surface area (TPSA) is 196 Å². The Hall–Kier alpha value is -5.03. The van der Waals surface area contributed by atoms with Crippen molar-refractivity contribution >= 4 is 71.7 Å². The molecular weight excluding hydrogens is 803 g/mol. The third-order valence-electron chi connectivity index (χ3n) is 10.2. The quantitative estimate of drug-likeness (QED) is 0.161. The molecule has 2 aromatic carbocycles. The van der Waals surface area contributed by atoms with Crippen LogP contribution >= 0.6 is 23.2 Å². The van der Waals surface area contributed by atoms with E-state index in [0.29, 0.717) is 81.5 Å². The number of hydrogen-bond acceptors (Lipinski definition) is 12. The molecule has 2 amide bonds. The summed E-state index contributed by atoms with van der Waals surface area (Å²) >= 11 is 12.5. The lowest BCUT2D eigenvalue weighted by atomic mass is 9.96. The van der Waals surface area contributed by atoms with Gasteiger partial charge in [0, 0.05) is 48.3 Å². The number of amides is 2. The fourth-order valence-corrected chi connectivity index (χ4v) is 10.1. The van der Waals surface area contributed by atoms with E-state index in [1.54, 1.807) is 48.7 Å². The average Bonchev–Trinajstić information content (AvgIpc) is 4.14. The predicted molar refractivity (Wildman–Crippen MR) is 209 cm³/mol. The van der Waals surface area contributed by atoms with Crippen LogP contribution in [0.4, 0.5) is 5.69 Å². The second-order valence-corrected chi connectivity index (χ2v) is 17.7. The number of benzene rings is 2. The van der Waals surface area contributed by atoms with Crippen LogP contribution in [0.1, 0.15) is 48.8 Å². The molecule has 5 aromatic rings. The highest BCUT2D eigenvalue weighted by atomic mass is 35.5. The van der Waals surface area contributed by atoms with Gasteiger partial charge in [-0.05, 0) is 91.6 Å². The van der Waals surface area contributed by atoms with Gasteiger partial charge in [0.1, 0.15) is 0 Å². The molecule has 3 aromatic heterocycles. The smallest absolute Gasteiger partial charge is 0.264 e. The summed E-state index contributed by atoms with van der Waals surface area (Å²) in [5.74, 6) is -0.571. The number of anilines is 1. The highest BCUT2D eigenvalue weighted by Gasteiger charge is 2.55. The normalized spacial score (nSPS) is 16.2. The Labute approximate surface area is 333 Å². The first-order valence-electron chi connectivity index (χ1n) is 17.5. The number of hydrogen-bond donors (Lipinski definition) is 3. The van der Waals surface area contributed by atoms with Gasteiger partial charge in [-0.2, -0.15) is 0 Å². The highest BCUT2D eigenvalue weighted by Crippen LogP contribution is 2.52. The van der Waals surface area contributed by atoms with Crippen LogP contribution in [-0.4, -0.2) is 64.4 Å². The van der Waals surface area contributed by atoms with E-state index in [1.807, 2.05) is 6.07 Å². The minimum atomic E-state index is -4.10. The van der Waals surface area contributed by atoms with Crippen LogP contribution in [0.25, 0.3) is 10.9 Å². The standard InChI is InChI=1S/C19H20ClN3O4S.C19H16ClN3O4S/c2*1-27-17-10-13(14(20)11-22-17)19(7-8-19)18(24)23-28(25,26)16-6-2-5-15-12(16)4-3-9-21-15/h2,5-6,10-11,21H,3-4,7-9H2,1H3,(H,23,24);2-6,9-11H,7-8H2,1H3,(H,23,24). The SMILES string of the molecule is COc1cc(C2(C(=O)NS(=O)(=O)c3cccc4c3CCCN4)CC2)c(Cl)cn1.COc1cc(C2(C(=O)NS(=O)(=O)c3cccc4ncccc34)CC2)c(Cl)cn1. The fourth-order valence-electron chi connectivity index (χ4n) is 6.87. The van der Waals surface area contributed by atoms with Gasteiger partial charge in [0.25, 0.3) is 20.0 Å². The largest absolute Gasteiger partial charge is 0.481 e. The van der Waals surface area contributed by atoms with Crippen molar-refractivity contribution in [2.24, 2.45) is 0 Å². The number of carbonyl (C=O) groups excluding carboxylic acids is 2. The number of rotatable bonds is 10. The van der Waals surface area contributed by atoms with E-state index in [-0.39, 0.29) is 9.79 Å². The predicted octanol–water partition coefficient (Wildman–Crippen LogP) is 5.47. The summed E-state index contributed by atoms with van der Waals surface area (Å²) in [4.78, 5) is 38.3. The summed E-state index contributed by atoms with van der Waals surface area (Å²) in [5.41, 5.74) is 1.09. The minimum absolute atomic E-state index is 0.000607. The number of nitrogens with one attached hydrogen (secondary N) is 3. The van der Waals surface area contributed by atoms with Gasteiger partial charge in [-0.3, -0.25) is 14.6 Å². The number of pyridine rings is 3. The molecule has 0 bridgehead atoms. The van der Waals surface area contributed by atoms with Crippen LogP contribution in [0.15, 0.2) is 89.0 Å². The fraction of sp³-hybridized carbons (Fsp3) is 0.289. The number of ether oxygens (including phenoxy) is 2. The molecule has 56 heavy (non-hydrogen) atoms. The van der Waals surface area contributed by atoms with E-state index in [1.165, 1.54) is 38.7 Å². The van der Waals surface area contributed by atoms with Crippen molar-refractivity contribution in [1.82, 2.24) is 24.4 Å². The van der Waals surface area contributed by atoms with Crippen LogP contribution in [0.5, 0.6) is 11.8 Å². The van der Waals surface area contributed by atoms with Crippen LogP contribution < -0.4 is 24.2 Å². The van der Waals surface area contributed by atoms with Crippen molar-refractivity contribution in [3.05, 3.63) is 106 Å². The van der Waals surface area contributed by atoms with Crippen molar-refractivity contribution in [3.63, 3.8) is 0 Å². The molecule has 1 aliphatic heterocycles. The summed E-state index contributed by atoms with van der Waals surface area (Å²) in [6.45, 7) is 0.800. The zero-order valence-corrected chi connectivity index (χ0v) is 33.3. The van der Waals surface area contributed by atoms with Gasteiger partial charge >= 0.3 is 0 Å². The van der Waals surface area contributed by atoms with Gasteiger partial charge in [0.15, 0.2) is 0 Å². The molecule has 14 nitrogen and oxygen atoms in total. The van der Waals surface area contributed by atoms with Gasteiger partial charge in [0.05, 0.1) is 50.4 Å². The third kappa shape index (κ3) is 7.45. The Morgan fingerprint density at radius 2 is 1.27 bits per heavy atom. The molecule has 0 saturated heterocycles. The first-order chi connectivity index (χ1) is 26.7. The lowest BCUT2D eigenvalue weighted by Crippen LogP contribution is -2.39. The Morgan fingerprint density at radius 3 is 1.82 bits per heavy atom. The molecule has 3 N–H and O–H groups in total. The maximum Gasteiger partial charge on any atom is 0.264 e. The Kier molecular flexibility index (Phi) is 10.6. The van der Waals surface area contributed by atoms with Crippen LogP contribution in [0.3, 0.4) is 0 Å². The monoisotopic (exact) mass is 838 g/mol. The molecule has 18 heteroatoms. The molecule has 2 fully saturated rings.